The number of amides is 2. The molecule has 2 amide bonds. The highest BCUT2D eigenvalue weighted by Gasteiger charge is 2.44. The average molecular weight is 275 g/mol. The van der Waals surface area contributed by atoms with Gasteiger partial charge in [-0.3, -0.25) is 19.5 Å². The van der Waals surface area contributed by atoms with Crippen molar-refractivity contribution < 1.29 is 9.59 Å². The zero-order valence-corrected chi connectivity index (χ0v) is 12.6. The molecule has 1 N–H and O–H groups in total. The van der Waals surface area contributed by atoms with Gasteiger partial charge in [0.2, 0.25) is 5.91 Å². The Kier molecular flexibility index (Phi) is 3.54. The molecule has 2 rings (SSSR count). The van der Waals surface area contributed by atoms with Crippen LogP contribution in [0.4, 0.5) is 5.69 Å². The maximum absolute atomic E-state index is 12.8. The third-order valence-corrected chi connectivity index (χ3v) is 3.67. The van der Waals surface area contributed by atoms with Gasteiger partial charge in [0.25, 0.3) is 5.91 Å². The molecule has 0 bridgehead atoms. The van der Waals surface area contributed by atoms with Crippen LogP contribution in [0.3, 0.4) is 0 Å². The highest BCUT2D eigenvalue weighted by atomic mass is 16.2. The van der Waals surface area contributed by atoms with Gasteiger partial charge >= 0.3 is 0 Å². The number of aryl methyl sites for hydroxylation is 1. The van der Waals surface area contributed by atoms with Crippen LogP contribution in [0.1, 0.15) is 33.3 Å². The minimum Gasteiger partial charge on any atom is -0.342 e. The number of aromatic nitrogens is 1. The molecule has 1 aromatic heterocycles. The zero-order valence-electron chi connectivity index (χ0n) is 12.6. The molecular weight excluding hydrogens is 254 g/mol. The highest BCUT2D eigenvalue weighted by molar-refractivity contribution is 6.08. The molecule has 0 saturated carbocycles. The molecule has 1 aliphatic rings. The van der Waals surface area contributed by atoms with Crippen LogP contribution in [-0.2, 0) is 9.59 Å². The van der Waals surface area contributed by atoms with Crippen molar-refractivity contribution in [2.45, 2.75) is 46.7 Å². The molecule has 20 heavy (non-hydrogen) atoms. The van der Waals surface area contributed by atoms with E-state index in [4.69, 9.17) is 0 Å². The number of carbonyl (C=O) groups excluding carboxylic acids is 2. The van der Waals surface area contributed by atoms with Gasteiger partial charge in [-0.1, -0.05) is 20.8 Å². The molecular formula is C15H21N3O2. The topological polar surface area (TPSA) is 62.3 Å². The molecule has 0 spiro atoms. The van der Waals surface area contributed by atoms with Crippen LogP contribution >= 0.6 is 0 Å². The second-order valence-electron chi connectivity index (χ2n) is 6.35. The SMILES string of the molecule is Cc1ccncc1N1C(=O)C(C(C)(C)C)NC(=O)C1C. The smallest absolute Gasteiger partial charge is 0.250 e. The summed E-state index contributed by atoms with van der Waals surface area (Å²) in [6, 6.07) is 0.795. The molecule has 1 aromatic rings. The largest absolute Gasteiger partial charge is 0.342 e. The first-order chi connectivity index (χ1) is 9.23. The first-order valence-corrected chi connectivity index (χ1v) is 6.77. The van der Waals surface area contributed by atoms with Crippen molar-refractivity contribution in [2.75, 3.05) is 4.90 Å². The van der Waals surface area contributed by atoms with Gasteiger partial charge in [-0.05, 0) is 30.9 Å². The van der Waals surface area contributed by atoms with E-state index >= 15 is 0 Å². The molecule has 1 saturated heterocycles. The normalized spacial score (nSPS) is 23.8. The van der Waals surface area contributed by atoms with E-state index in [0.29, 0.717) is 5.69 Å². The number of anilines is 1. The van der Waals surface area contributed by atoms with E-state index in [2.05, 4.69) is 10.3 Å². The lowest BCUT2D eigenvalue weighted by molar-refractivity contribution is -0.136. The summed E-state index contributed by atoms with van der Waals surface area (Å²) in [7, 11) is 0. The number of rotatable bonds is 1. The lowest BCUT2D eigenvalue weighted by Crippen LogP contribution is -2.66. The number of piperazine rings is 1. The van der Waals surface area contributed by atoms with Crippen LogP contribution in [0.2, 0.25) is 0 Å². The fourth-order valence-corrected chi connectivity index (χ4v) is 2.39. The maximum atomic E-state index is 12.8. The van der Waals surface area contributed by atoms with Gasteiger partial charge < -0.3 is 5.32 Å². The van der Waals surface area contributed by atoms with Crippen molar-refractivity contribution in [1.82, 2.24) is 10.3 Å². The van der Waals surface area contributed by atoms with Gasteiger partial charge in [-0.15, -0.1) is 0 Å². The lowest BCUT2D eigenvalue weighted by Gasteiger charge is -2.42. The molecule has 5 heteroatoms. The van der Waals surface area contributed by atoms with E-state index in [1.165, 1.54) is 0 Å². The number of pyridine rings is 1. The third-order valence-electron chi connectivity index (χ3n) is 3.67. The van der Waals surface area contributed by atoms with E-state index in [-0.39, 0.29) is 17.2 Å². The monoisotopic (exact) mass is 275 g/mol. The minimum absolute atomic E-state index is 0.0827. The molecule has 0 aromatic carbocycles. The Morgan fingerprint density at radius 3 is 2.50 bits per heavy atom. The Hall–Kier alpha value is -1.91. The van der Waals surface area contributed by atoms with Crippen molar-refractivity contribution in [3.8, 4) is 0 Å². The van der Waals surface area contributed by atoms with Crippen molar-refractivity contribution >= 4 is 17.5 Å². The summed E-state index contributed by atoms with van der Waals surface area (Å²) in [5, 5.41) is 2.82. The summed E-state index contributed by atoms with van der Waals surface area (Å²) in [5.74, 6) is -0.214. The molecule has 0 aliphatic carbocycles. The summed E-state index contributed by atoms with van der Waals surface area (Å²) in [4.78, 5) is 30.6. The second-order valence-corrected chi connectivity index (χ2v) is 6.35. The van der Waals surface area contributed by atoms with Gasteiger partial charge in [0.15, 0.2) is 0 Å². The number of carbonyl (C=O) groups is 2. The zero-order chi connectivity index (χ0) is 15.1. The summed E-state index contributed by atoms with van der Waals surface area (Å²) >= 11 is 0. The van der Waals surface area contributed by atoms with Crippen molar-refractivity contribution in [2.24, 2.45) is 5.41 Å². The molecule has 2 atom stereocenters. The van der Waals surface area contributed by atoms with Gasteiger partial charge in [0, 0.05) is 6.20 Å². The van der Waals surface area contributed by atoms with Crippen LogP contribution in [0.5, 0.6) is 0 Å². The maximum Gasteiger partial charge on any atom is 0.250 e. The van der Waals surface area contributed by atoms with E-state index in [1.54, 1.807) is 24.2 Å². The Morgan fingerprint density at radius 1 is 1.30 bits per heavy atom. The summed E-state index contributed by atoms with van der Waals surface area (Å²) in [6.45, 7) is 9.48. The Bertz CT molecular complexity index is 548. The van der Waals surface area contributed by atoms with Crippen molar-refractivity contribution in [3.05, 3.63) is 24.0 Å². The Morgan fingerprint density at radius 2 is 1.95 bits per heavy atom. The van der Waals surface area contributed by atoms with E-state index in [9.17, 15) is 9.59 Å². The number of hydrogen-bond acceptors (Lipinski definition) is 3. The van der Waals surface area contributed by atoms with Crippen molar-refractivity contribution in [3.63, 3.8) is 0 Å². The van der Waals surface area contributed by atoms with E-state index < -0.39 is 12.1 Å². The predicted molar refractivity (Wildman–Crippen MR) is 77.3 cm³/mol. The van der Waals surface area contributed by atoms with Crippen LogP contribution in [0.25, 0.3) is 0 Å². The highest BCUT2D eigenvalue weighted by Crippen LogP contribution is 2.29. The predicted octanol–water partition coefficient (Wildman–Crippen LogP) is 1.66. The molecule has 5 nitrogen and oxygen atoms in total. The quantitative estimate of drug-likeness (QED) is 0.847. The average Bonchev–Trinajstić information content (AvgIpc) is 2.35. The Labute approximate surface area is 119 Å². The summed E-state index contributed by atoms with van der Waals surface area (Å²) < 4.78 is 0. The second kappa shape index (κ2) is 4.89. The van der Waals surface area contributed by atoms with Crippen LogP contribution in [0.15, 0.2) is 18.5 Å². The van der Waals surface area contributed by atoms with Gasteiger partial charge in [-0.25, -0.2) is 0 Å². The molecule has 2 heterocycles. The molecule has 2 unspecified atom stereocenters. The van der Waals surface area contributed by atoms with Crippen LogP contribution < -0.4 is 10.2 Å². The minimum atomic E-state index is -0.524. The fraction of sp³-hybridized carbons (Fsp3) is 0.533. The first-order valence-electron chi connectivity index (χ1n) is 6.77. The van der Waals surface area contributed by atoms with E-state index in [1.807, 2.05) is 33.8 Å². The molecule has 1 fully saturated rings. The van der Waals surface area contributed by atoms with Crippen LogP contribution in [-0.4, -0.2) is 28.9 Å². The summed E-state index contributed by atoms with van der Waals surface area (Å²) in [6.07, 6.45) is 3.32. The van der Waals surface area contributed by atoms with Gasteiger partial charge in [0.05, 0.1) is 11.9 Å². The third kappa shape index (κ3) is 2.40. The summed E-state index contributed by atoms with van der Waals surface area (Å²) in [5.41, 5.74) is 1.30. The number of hydrogen-bond donors (Lipinski definition) is 1. The van der Waals surface area contributed by atoms with Gasteiger partial charge in [-0.2, -0.15) is 0 Å². The molecule has 108 valence electrons. The van der Waals surface area contributed by atoms with Crippen molar-refractivity contribution in [1.29, 1.82) is 0 Å². The fourth-order valence-electron chi connectivity index (χ4n) is 2.39. The van der Waals surface area contributed by atoms with Crippen LogP contribution in [0, 0.1) is 12.3 Å². The lowest BCUT2D eigenvalue weighted by atomic mass is 9.84. The van der Waals surface area contributed by atoms with E-state index in [0.717, 1.165) is 5.56 Å². The Balaban J connectivity index is 2.47. The first kappa shape index (κ1) is 14.5. The number of nitrogens with zero attached hydrogens (tertiary/aromatic N) is 2. The molecule has 0 radical (unpaired) electrons. The standard InChI is InChI=1S/C15H21N3O2/c1-9-6-7-16-8-11(9)18-10(2)13(19)17-12(14(18)20)15(3,4)5/h6-8,10,12H,1-5H3,(H,17,19). The number of nitrogens with one attached hydrogen (secondary N) is 1. The van der Waals surface area contributed by atoms with Gasteiger partial charge in [0.1, 0.15) is 12.1 Å². The molecule has 1 aliphatic heterocycles.